The lowest BCUT2D eigenvalue weighted by Crippen LogP contribution is -1.90. The van der Waals surface area contributed by atoms with E-state index >= 15 is 0 Å². The number of rotatable bonds is 3. The third kappa shape index (κ3) is 5.11. The molecule has 0 atom stereocenters. The van der Waals surface area contributed by atoms with E-state index in [1.807, 2.05) is 0 Å². The minimum atomic E-state index is 1.26. The molecule has 0 saturated carbocycles. The van der Waals surface area contributed by atoms with Gasteiger partial charge in [-0.25, -0.2) is 0 Å². The first-order valence-electron chi connectivity index (χ1n) is 15.9. The van der Waals surface area contributed by atoms with Crippen LogP contribution >= 0.6 is 0 Å². The zero-order valence-corrected chi connectivity index (χ0v) is 25.5. The van der Waals surface area contributed by atoms with E-state index in [4.69, 9.17) is 0 Å². The molecule has 9 aromatic rings. The van der Waals surface area contributed by atoms with Crippen LogP contribution in [0.15, 0.2) is 194 Å². The van der Waals surface area contributed by atoms with Gasteiger partial charge in [-0.1, -0.05) is 182 Å². The summed E-state index contributed by atoms with van der Waals surface area (Å²) >= 11 is 0. The average molecular weight is 585 g/mol. The molecule has 0 heteroatoms. The van der Waals surface area contributed by atoms with Gasteiger partial charge in [0.2, 0.25) is 0 Å². The van der Waals surface area contributed by atoms with Crippen LogP contribution in [0.5, 0.6) is 0 Å². The Morgan fingerprint density at radius 1 is 0.217 bits per heavy atom. The molecule has 0 amide bonds. The summed E-state index contributed by atoms with van der Waals surface area (Å²) in [5.74, 6) is 0. The molecule has 216 valence electrons. The minimum Gasteiger partial charge on any atom is -0.0622 e. The SMILES string of the molecule is c1ccc(-c2c3ccccc3c(-c3ccccc3)c3ccccc23)cc1.c1ccc(-c2cccc3cc4ccccc4cc23)cc1. The standard InChI is InChI=1S/C26H18.C20H14/c1-3-11-19(12-4-1)25-21-15-7-9-17-23(21)26(20-13-5-2-6-14-20)24-18-10-8-16-22(24)25;1-2-7-15(8-3-1)19-12-6-11-18-13-16-9-4-5-10-17(16)14-20(18)19/h1-18H;1-14H. The van der Waals surface area contributed by atoms with Gasteiger partial charge in [0.25, 0.3) is 0 Å². The average Bonchev–Trinajstić information content (AvgIpc) is 3.14. The number of hydrogen-bond acceptors (Lipinski definition) is 0. The van der Waals surface area contributed by atoms with Crippen molar-refractivity contribution in [2.24, 2.45) is 0 Å². The predicted molar refractivity (Wildman–Crippen MR) is 199 cm³/mol. The molecule has 9 aromatic carbocycles. The van der Waals surface area contributed by atoms with Gasteiger partial charge in [0.1, 0.15) is 0 Å². The molecule has 0 saturated heterocycles. The van der Waals surface area contributed by atoms with Crippen LogP contribution in [0.4, 0.5) is 0 Å². The highest BCUT2D eigenvalue weighted by Crippen LogP contribution is 2.43. The van der Waals surface area contributed by atoms with Crippen LogP contribution in [0.2, 0.25) is 0 Å². The van der Waals surface area contributed by atoms with E-state index in [0.29, 0.717) is 0 Å². The van der Waals surface area contributed by atoms with Gasteiger partial charge in [0.15, 0.2) is 0 Å². The molecule has 0 aromatic heterocycles. The van der Waals surface area contributed by atoms with Crippen LogP contribution in [0.25, 0.3) is 76.5 Å². The smallest absolute Gasteiger partial charge is 0.00264 e. The Hall–Kier alpha value is -5.98. The summed E-state index contributed by atoms with van der Waals surface area (Å²) in [6.07, 6.45) is 0. The first-order valence-corrected chi connectivity index (χ1v) is 15.9. The normalized spacial score (nSPS) is 11.0. The van der Waals surface area contributed by atoms with E-state index in [2.05, 4.69) is 194 Å². The lowest BCUT2D eigenvalue weighted by atomic mass is 9.86. The third-order valence-electron chi connectivity index (χ3n) is 8.89. The summed E-state index contributed by atoms with van der Waals surface area (Å²) in [4.78, 5) is 0. The van der Waals surface area contributed by atoms with Crippen molar-refractivity contribution in [2.45, 2.75) is 0 Å². The molecule has 0 aliphatic heterocycles. The fourth-order valence-electron chi connectivity index (χ4n) is 6.80. The zero-order chi connectivity index (χ0) is 30.7. The quantitative estimate of drug-likeness (QED) is 0.181. The lowest BCUT2D eigenvalue weighted by molar-refractivity contribution is 1.65. The van der Waals surface area contributed by atoms with Crippen molar-refractivity contribution in [1.29, 1.82) is 0 Å². The predicted octanol–water partition coefficient (Wildman–Crippen LogP) is 13.0. The molecule has 0 aliphatic carbocycles. The first-order chi connectivity index (χ1) is 22.8. The molecule has 0 nitrogen and oxygen atoms in total. The van der Waals surface area contributed by atoms with Gasteiger partial charge in [-0.2, -0.15) is 0 Å². The lowest BCUT2D eigenvalue weighted by Gasteiger charge is -2.17. The molecule has 46 heavy (non-hydrogen) atoms. The summed E-state index contributed by atoms with van der Waals surface area (Å²) < 4.78 is 0. The van der Waals surface area contributed by atoms with E-state index in [9.17, 15) is 0 Å². The Kier molecular flexibility index (Phi) is 7.30. The largest absolute Gasteiger partial charge is 0.0622 e. The summed E-state index contributed by atoms with van der Waals surface area (Å²) in [7, 11) is 0. The topological polar surface area (TPSA) is 0 Å². The number of benzene rings is 9. The zero-order valence-electron chi connectivity index (χ0n) is 25.5. The van der Waals surface area contributed by atoms with Crippen molar-refractivity contribution in [3.05, 3.63) is 194 Å². The van der Waals surface area contributed by atoms with Gasteiger partial charge in [0.05, 0.1) is 0 Å². The van der Waals surface area contributed by atoms with Crippen LogP contribution in [-0.4, -0.2) is 0 Å². The Morgan fingerprint density at radius 2 is 0.587 bits per heavy atom. The van der Waals surface area contributed by atoms with Gasteiger partial charge >= 0.3 is 0 Å². The van der Waals surface area contributed by atoms with E-state index in [1.54, 1.807) is 0 Å². The highest BCUT2D eigenvalue weighted by Gasteiger charge is 2.15. The van der Waals surface area contributed by atoms with E-state index in [0.717, 1.165) is 0 Å². The van der Waals surface area contributed by atoms with Crippen LogP contribution < -0.4 is 0 Å². The molecule has 0 fully saturated rings. The maximum atomic E-state index is 2.30. The molecule has 9 rings (SSSR count). The fraction of sp³-hybridized carbons (Fsp3) is 0. The Bertz CT molecular complexity index is 2290. The molecule has 0 aliphatic rings. The van der Waals surface area contributed by atoms with Crippen LogP contribution in [0.1, 0.15) is 0 Å². The number of fused-ring (bicyclic) bond motifs is 4. The van der Waals surface area contributed by atoms with Crippen LogP contribution in [0, 0.1) is 0 Å². The Balaban J connectivity index is 0.000000140. The fourth-order valence-corrected chi connectivity index (χ4v) is 6.80. The minimum absolute atomic E-state index is 1.26. The number of hydrogen-bond donors (Lipinski definition) is 0. The van der Waals surface area contributed by atoms with E-state index in [-0.39, 0.29) is 0 Å². The molecular formula is C46H32. The molecule has 0 radical (unpaired) electrons. The van der Waals surface area contributed by atoms with E-state index in [1.165, 1.54) is 76.5 Å². The summed E-state index contributed by atoms with van der Waals surface area (Å²) in [5.41, 5.74) is 7.73. The molecule has 0 unspecified atom stereocenters. The Morgan fingerprint density at radius 3 is 1.07 bits per heavy atom. The Labute approximate surface area is 269 Å². The second-order valence-corrected chi connectivity index (χ2v) is 11.7. The molecule has 0 heterocycles. The first kappa shape index (κ1) is 27.6. The van der Waals surface area contributed by atoms with Crippen molar-refractivity contribution < 1.29 is 0 Å². The van der Waals surface area contributed by atoms with Crippen molar-refractivity contribution in [2.75, 3.05) is 0 Å². The van der Waals surface area contributed by atoms with Crippen molar-refractivity contribution in [3.63, 3.8) is 0 Å². The summed E-state index contributed by atoms with van der Waals surface area (Å²) in [6.45, 7) is 0. The van der Waals surface area contributed by atoms with Crippen LogP contribution in [-0.2, 0) is 0 Å². The molecule has 0 N–H and O–H groups in total. The van der Waals surface area contributed by atoms with Crippen molar-refractivity contribution in [3.8, 4) is 33.4 Å². The van der Waals surface area contributed by atoms with Gasteiger partial charge in [-0.05, 0) is 88.6 Å². The second-order valence-electron chi connectivity index (χ2n) is 11.7. The van der Waals surface area contributed by atoms with Gasteiger partial charge in [-0.15, -0.1) is 0 Å². The highest BCUT2D eigenvalue weighted by molar-refractivity contribution is 6.21. The van der Waals surface area contributed by atoms with E-state index < -0.39 is 0 Å². The summed E-state index contributed by atoms with van der Waals surface area (Å²) in [6, 6.07) is 69.2. The monoisotopic (exact) mass is 584 g/mol. The highest BCUT2D eigenvalue weighted by atomic mass is 14.2. The summed E-state index contributed by atoms with van der Waals surface area (Å²) in [5, 5.41) is 10.4. The van der Waals surface area contributed by atoms with Gasteiger partial charge in [-0.3, -0.25) is 0 Å². The second kappa shape index (κ2) is 12.2. The van der Waals surface area contributed by atoms with Gasteiger partial charge < -0.3 is 0 Å². The molecular weight excluding hydrogens is 553 g/mol. The van der Waals surface area contributed by atoms with Gasteiger partial charge in [0, 0.05) is 0 Å². The maximum Gasteiger partial charge on any atom is -0.00264 e. The third-order valence-corrected chi connectivity index (χ3v) is 8.89. The van der Waals surface area contributed by atoms with Crippen molar-refractivity contribution in [1.82, 2.24) is 0 Å². The maximum absolute atomic E-state index is 2.30. The molecule has 0 spiro atoms. The van der Waals surface area contributed by atoms with Crippen molar-refractivity contribution >= 4 is 43.1 Å². The molecule has 0 bridgehead atoms. The van der Waals surface area contributed by atoms with Crippen LogP contribution in [0.3, 0.4) is 0 Å².